The van der Waals surface area contributed by atoms with Gasteiger partial charge in [0, 0.05) is 23.9 Å². The van der Waals surface area contributed by atoms with Gasteiger partial charge in [0.15, 0.2) is 4.87 Å². The van der Waals surface area contributed by atoms with Crippen LogP contribution in [0.3, 0.4) is 0 Å². The molecular formula is C17H15N4O2+. The predicted molar refractivity (Wildman–Crippen MR) is 89.0 cm³/mol. The van der Waals surface area contributed by atoms with Crippen LogP contribution in [0.4, 0.5) is 5.69 Å². The Morgan fingerprint density at radius 3 is 2.48 bits per heavy atom. The van der Waals surface area contributed by atoms with E-state index >= 15 is 0 Å². The molecule has 0 amide bonds. The second-order valence-corrected chi connectivity index (χ2v) is 5.07. The average molecular weight is 307 g/mol. The molecule has 3 rings (SSSR count). The minimum atomic E-state index is -0.187. The maximum atomic E-state index is 11.7. The first-order chi connectivity index (χ1) is 11.1. The average Bonchev–Trinajstić information content (AvgIpc) is 2.58. The van der Waals surface area contributed by atoms with Gasteiger partial charge in [-0.25, -0.2) is 5.10 Å². The van der Waals surface area contributed by atoms with Crippen molar-refractivity contribution in [1.82, 2.24) is 10.2 Å². The van der Waals surface area contributed by atoms with Crippen molar-refractivity contribution in [2.45, 2.75) is 6.42 Å². The molecule has 0 saturated carbocycles. The Hall–Kier alpha value is -3.28. The Morgan fingerprint density at radius 1 is 1.09 bits per heavy atom. The van der Waals surface area contributed by atoms with Gasteiger partial charge in [-0.1, -0.05) is 30.4 Å². The Labute approximate surface area is 131 Å². The summed E-state index contributed by atoms with van der Waals surface area (Å²) < 4.78 is 0. The lowest BCUT2D eigenvalue weighted by Crippen LogP contribution is -2.10. The smallest absolute Gasteiger partial charge is 0.267 e. The van der Waals surface area contributed by atoms with Crippen LogP contribution < -0.4 is 11.4 Å². The van der Waals surface area contributed by atoms with Gasteiger partial charge in [0.1, 0.15) is 0 Å². The molecule has 0 bridgehead atoms. The summed E-state index contributed by atoms with van der Waals surface area (Å²) in [6.07, 6.45) is 4.47. The summed E-state index contributed by atoms with van der Waals surface area (Å²) in [4.78, 5) is 23.0. The van der Waals surface area contributed by atoms with E-state index in [0.29, 0.717) is 22.4 Å². The molecule has 0 atom stereocenters. The molecule has 1 aromatic heterocycles. The first-order valence-corrected chi connectivity index (χ1v) is 7.10. The van der Waals surface area contributed by atoms with Crippen LogP contribution in [0.2, 0.25) is 0 Å². The van der Waals surface area contributed by atoms with Gasteiger partial charge in [0.05, 0.1) is 16.0 Å². The number of nitroso groups, excluding NO2 is 1. The van der Waals surface area contributed by atoms with E-state index < -0.39 is 0 Å². The normalized spacial score (nSPS) is 11.1. The van der Waals surface area contributed by atoms with Crippen LogP contribution in [0.1, 0.15) is 11.3 Å². The molecule has 0 aliphatic heterocycles. The molecule has 0 spiro atoms. The molecule has 3 N–H and O–H groups in total. The summed E-state index contributed by atoms with van der Waals surface area (Å²) in [6, 6.07) is 14.3. The van der Waals surface area contributed by atoms with E-state index in [0.717, 1.165) is 16.6 Å². The van der Waals surface area contributed by atoms with E-state index in [-0.39, 0.29) is 5.56 Å². The summed E-state index contributed by atoms with van der Waals surface area (Å²) in [7, 11) is 0. The topological polar surface area (TPSA) is 91.8 Å². The number of hydrogen-bond acceptors (Lipinski definition) is 3. The standard InChI is InChI=1S/C17H14N4O2/c18-21(23)13-10-8-12(9-11-13)4-3-7-16-14-5-1-2-6-15(14)17(22)20-19-16/h1-6,8-11H,7H2,(H2-,18,20,22,23)/p+1/b4-3+. The summed E-state index contributed by atoms with van der Waals surface area (Å²) in [6.45, 7) is 0. The highest BCUT2D eigenvalue weighted by Crippen LogP contribution is 2.15. The van der Waals surface area contributed by atoms with Crippen molar-refractivity contribution < 1.29 is 4.87 Å². The fourth-order valence-electron chi connectivity index (χ4n) is 2.37. The minimum Gasteiger partial charge on any atom is -0.267 e. The number of rotatable bonds is 4. The lowest BCUT2D eigenvalue weighted by atomic mass is 10.1. The maximum absolute atomic E-state index is 11.7. The third kappa shape index (κ3) is 3.16. The van der Waals surface area contributed by atoms with Gasteiger partial charge >= 0.3 is 0 Å². The second kappa shape index (κ2) is 6.23. The second-order valence-electron chi connectivity index (χ2n) is 5.07. The molecule has 0 radical (unpaired) electrons. The van der Waals surface area contributed by atoms with Gasteiger partial charge in [0.25, 0.3) is 11.2 Å². The van der Waals surface area contributed by atoms with Crippen LogP contribution in [0.15, 0.2) is 59.4 Å². The number of aromatic amines is 1. The fraction of sp³-hybridized carbons (Fsp3) is 0.0588. The van der Waals surface area contributed by atoms with Crippen molar-refractivity contribution in [3.8, 4) is 0 Å². The van der Waals surface area contributed by atoms with Crippen LogP contribution in [0.25, 0.3) is 16.8 Å². The van der Waals surface area contributed by atoms with Gasteiger partial charge in [0.2, 0.25) is 0 Å². The Bertz CT molecular complexity index is 943. The van der Waals surface area contributed by atoms with Crippen molar-refractivity contribution in [2.24, 2.45) is 5.84 Å². The molecule has 0 aliphatic carbocycles. The zero-order valence-corrected chi connectivity index (χ0v) is 12.3. The van der Waals surface area contributed by atoms with Gasteiger partial charge < -0.3 is 0 Å². The zero-order chi connectivity index (χ0) is 16.2. The maximum Gasteiger partial charge on any atom is 0.291 e. The van der Waals surface area contributed by atoms with Gasteiger partial charge in [-0.05, 0) is 23.8 Å². The molecule has 3 aromatic rings. The third-order valence-corrected chi connectivity index (χ3v) is 3.54. The Kier molecular flexibility index (Phi) is 3.97. The van der Waals surface area contributed by atoms with Gasteiger partial charge in [-0.15, -0.1) is 0 Å². The number of allylic oxidation sites excluding steroid dienone is 1. The molecule has 0 saturated heterocycles. The number of nitrogens with two attached hydrogens (primary N) is 1. The molecule has 114 valence electrons. The number of aromatic nitrogens is 2. The van der Waals surface area contributed by atoms with Crippen LogP contribution in [-0.2, 0) is 6.42 Å². The van der Waals surface area contributed by atoms with E-state index in [1.54, 1.807) is 18.2 Å². The first kappa shape index (κ1) is 14.6. The number of H-pyrrole nitrogens is 1. The number of nitrogens with one attached hydrogen (secondary N) is 1. The minimum absolute atomic E-state index is 0.187. The zero-order valence-electron chi connectivity index (χ0n) is 12.3. The van der Waals surface area contributed by atoms with E-state index in [4.69, 9.17) is 5.84 Å². The quantitative estimate of drug-likeness (QED) is 0.440. The predicted octanol–water partition coefficient (Wildman–Crippen LogP) is 2.46. The molecule has 1 heterocycles. The highest BCUT2D eigenvalue weighted by Gasteiger charge is 2.06. The van der Waals surface area contributed by atoms with E-state index in [1.165, 1.54) is 0 Å². The molecule has 0 aliphatic rings. The molecule has 6 heteroatoms. The molecule has 2 aromatic carbocycles. The highest BCUT2D eigenvalue weighted by molar-refractivity contribution is 5.83. The molecule has 0 fully saturated rings. The first-order valence-electron chi connectivity index (χ1n) is 7.10. The number of fused-ring (bicyclic) bond motifs is 1. The summed E-state index contributed by atoms with van der Waals surface area (Å²) >= 11 is 0. The van der Waals surface area contributed by atoms with Crippen molar-refractivity contribution in [3.05, 3.63) is 81.1 Å². The van der Waals surface area contributed by atoms with Crippen LogP contribution in [0, 0.1) is 4.91 Å². The van der Waals surface area contributed by atoms with Crippen molar-refractivity contribution in [3.63, 3.8) is 0 Å². The highest BCUT2D eigenvalue weighted by atomic mass is 16.3. The number of benzene rings is 2. The summed E-state index contributed by atoms with van der Waals surface area (Å²) in [5, 5.41) is 8.12. The molecule has 0 unspecified atom stereocenters. The number of hydrazine groups is 1. The van der Waals surface area contributed by atoms with E-state index in [2.05, 4.69) is 10.2 Å². The number of hydrogen-bond donors (Lipinski definition) is 2. The molecule has 23 heavy (non-hydrogen) atoms. The number of nitrogens with zero attached hydrogens (tertiary/aromatic N) is 2. The van der Waals surface area contributed by atoms with Crippen molar-refractivity contribution in [1.29, 1.82) is 0 Å². The lowest BCUT2D eigenvalue weighted by Gasteiger charge is -2.01. The fourth-order valence-corrected chi connectivity index (χ4v) is 2.37. The molecule has 6 nitrogen and oxygen atoms in total. The summed E-state index contributed by atoms with van der Waals surface area (Å²) in [5.74, 6) is 5.13. The molecular weight excluding hydrogens is 292 g/mol. The largest absolute Gasteiger partial charge is 0.291 e. The van der Waals surface area contributed by atoms with Crippen molar-refractivity contribution in [2.75, 3.05) is 0 Å². The van der Waals surface area contributed by atoms with Crippen LogP contribution >= 0.6 is 0 Å². The van der Waals surface area contributed by atoms with E-state index in [9.17, 15) is 9.70 Å². The van der Waals surface area contributed by atoms with Gasteiger partial charge in [-0.2, -0.15) is 10.9 Å². The third-order valence-electron chi connectivity index (χ3n) is 3.54. The van der Waals surface area contributed by atoms with Crippen LogP contribution in [-0.4, -0.2) is 15.1 Å². The van der Waals surface area contributed by atoms with Crippen molar-refractivity contribution >= 4 is 22.5 Å². The Morgan fingerprint density at radius 2 is 1.78 bits per heavy atom. The van der Waals surface area contributed by atoms with Gasteiger partial charge in [-0.3, -0.25) is 4.79 Å². The SMILES string of the molecule is N[N+](=O)c1ccc(/C=C/Cc2n[nH]c(=O)c3ccccc23)cc1. The van der Waals surface area contributed by atoms with Crippen LogP contribution in [0.5, 0.6) is 0 Å². The monoisotopic (exact) mass is 307 g/mol. The van der Waals surface area contributed by atoms with E-state index in [1.807, 2.05) is 42.5 Å². The Balaban J connectivity index is 1.82. The summed E-state index contributed by atoms with van der Waals surface area (Å²) in [5.41, 5.74) is 1.97. The lowest BCUT2D eigenvalue weighted by molar-refractivity contribution is -0.474.